The SMILES string of the molecule is CCC(COC)(OC(C)C(C)O)C(=O)O. The summed E-state index contributed by atoms with van der Waals surface area (Å²) in [5.74, 6) is -1.07. The lowest BCUT2D eigenvalue weighted by Crippen LogP contribution is -2.49. The van der Waals surface area contributed by atoms with Crippen molar-refractivity contribution in [2.24, 2.45) is 0 Å². The molecule has 15 heavy (non-hydrogen) atoms. The zero-order valence-electron chi connectivity index (χ0n) is 9.69. The van der Waals surface area contributed by atoms with Crippen molar-refractivity contribution in [2.75, 3.05) is 13.7 Å². The van der Waals surface area contributed by atoms with E-state index in [2.05, 4.69) is 0 Å². The van der Waals surface area contributed by atoms with Gasteiger partial charge in [-0.2, -0.15) is 0 Å². The molecule has 0 aromatic carbocycles. The van der Waals surface area contributed by atoms with Crippen molar-refractivity contribution in [3.8, 4) is 0 Å². The molecule has 0 rings (SSSR count). The number of carboxylic acids is 1. The third-order valence-electron chi connectivity index (χ3n) is 2.43. The standard InChI is InChI=1S/C10H20O5/c1-5-10(6-14-4,9(12)13)15-8(3)7(2)11/h7-8,11H,5-6H2,1-4H3,(H,12,13). The van der Waals surface area contributed by atoms with Gasteiger partial charge in [-0.1, -0.05) is 6.92 Å². The van der Waals surface area contributed by atoms with Gasteiger partial charge in [-0.3, -0.25) is 0 Å². The van der Waals surface area contributed by atoms with Crippen LogP contribution in [0.4, 0.5) is 0 Å². The minimum atomic E-state index is -1.37. The summed E-state index contributed by atoms with van der Waals surface area (Å²) in [5.41, 5.74) is -1.37. The lowest BCUT2D eigenvalue weighted by atomic mass is 10.0. The average molecular weight is 220 g/mol. The summed E-state index contributed by atoms with van der Waals surface area (Å²) in [5, 5.41) is 18.4. The molecule has 0 aromatic heterocycles. The van der Waals surface area contributed by atoms with Crippen LogP contribution >= 0.6 is 0 Å². The van der Waals surface area contributed by atoms with Crippen LogP contribution in [-0.2, 0) is 14.3 Å². The normalized spacial score (nSPS) is 19.3. The Kier molecular flexibility index (Phi) is 5.79. The molecule has 5 heteroatoms. The summed E-state index contributed by atoms with van der Waals surface area (Å²) in [6.45, 7) is 4.87. The van der Waals surface area contributed by atoms with E-state index < -0.39 is 23.8 Å². The topological polar surface area (TPSA) is 76.0 Å². The molecule has 3 atom stereocenters. The Morgan fingerprint density at radius 1 is 1.47 bits per heavy atom. The Hall–Kier alpha value is -0.650. The van der Waals surface area contributed by atoms with Crippen molar-refractivity contribution in [2.45, 2.75) is 45.0 Å². The minimum Gasteiger partial charge on any atom is -0.479 e. The van der Waals surface area contributed by atoms with E-state index in [1.165, 1.54) is 7.11 Å². The van der Waals surface area contributed by atoms with Gasteiger partial charge in [0.15, 0.2) is 5.60 Å². The summed E-state index contributed by atoms with van der Waals surface area (Å²) in [6, 6.07) is 0. The van der Waals surface area contributed by atoms with Crippen LogP contribution in [0.15, 0.2) is 0 Å². The predicted octanol–water partition coefficient (Wildman–Crippen LogP) is 0.652. The summed E-state index contributed by atoms with van der Waals surface area (Å²) < 4.78 is 10.2. The van der Waals surface area contributed by atoms with E-state index in [4.69, 9.17) is 14.6 Å². The molecule has 0 aliphatic rings. The van der Waals surface area contributed by atoms with E-state index in [0.29, 0.717) is 0 Å². The first-order valence-electron chi connectivity index (χ1n) is 4.97. The zero-order chi connectivity index (χ0) is 12.1. The maximum atomic E-state index is 11.1. The first-order valence-corrected chi connectivity index (χ1v) is 4.97. The number of ether oxygens (including phenoxy) is 2. The second-order valence-electron chi connectivity index (χ2n) is 3.65. The van der Waals surface area contributed by atoms with Crippen LogP contribution in [0.25, 0.3) is 0 Å². The van der Waals surface area contributed by atoms with Crippen molar-refractivity contribution in [1.82, 2.24) is 0 Å². The first-order chi connectivity index (χ1) is 6.89. The van der Waals surface area contributed by atoms with Crippen LogP contribution in [0.3, 0.4) is 0 Å². The molecule has 0 bridgehead atoms. The monoisotopic (exact) mass is 220 g/mol. The van der Waals surface area contributed by atoms with E-state index in [9.17, 15) is 9.90 Å². The fourth-order valence-electron chi connectivity index (χ4n) is 1.17. The maximum Gasteiger partial charge on any atom is 0.338 e. The molecule has 3 unspecified atom stereocenters. The van der Waals surface area contributed by atoms with Crippen molar-refractivity contribution in [3.05, 3.63) is 0 Å². The molecule has 0 aliphatic carbocycles. The highest BCUT2D eigenvalue weighted by atomic mass is 16.6. The van der Waals surface area contributed by atoms with E-state index >= 15 is 0 Å². The number of carbonyl (C=O) groups is 1. The number of methoxy groups -OCH3 is 1. The third-order valence-corrected chi connectivity index (χ3v) is 2.43. The lowest BCUT2D eigenvalue weighted by molar-refractivity contribution is -0.190. The fourth-order valence-corrected chi connectivity index (χ4v) is 1.17. The highest BCUT2D eigenvalue weighted by molar-refractivity contribution is 5.77. The van der Waals surface area contributed by atoms with E-state index in [1.807, 2.05) is 0 Å². The molecule has 2 N–H and O–H groups in total. The second kappa shape index (κ2) is 6.05. The number of aliphatic hydroxyl groups excluding tert-OH is 1. The first kappa shape index (κ1) is 14.3. The van der Waals surface area contributed by atoms with Crippen molar-refractivity contribution >= 4 is 5.97 Å². The smallest absolute Gasteiger partial charge is 0.338 e. The molecule has 0 aliphatic heterocycles. The van der Waals surface area contributed by atoms with E-state index in [1.54, 1.807) is 20.8 Å². The Labute approximate surface area is 90.0 Å². The van der Waals surface area contributed by atoms with Crippen LogP contribution in [-0.4, -0.2) is 47.7 Å². The summed E-state index contributed by atoms with van der Waals surface area (Å²) in [6.07, 6.45) is -0.976. The van der Waals surface area contributed by atoms with Crippen LogP contribution in [0.5, 0.6) is 0 Å². The zero-order valence-corrected chi connectivity index (χ0v) is 9.69. The number of aliphatic hydroxyl groups is 1. The molecule has 0 aromatic rings. The van der Waals surface area contributed by atoms with Gasteiger partial charge in [0.25, 0.3) is 0 Å². The molecular formula is C10H20O5. The molecule has 0 saturated heterocycles. The van der Waals surface area contributed by atoms with Crippen LogP contribution < -0.4 is 0 Å². The molecule has 0 saturated carbocycles. The molecule has 0 amide bonds. The number of rotatable bonds is 7. The highest BCUT2D eigenvalue weighted by Gasteiger charge is 2.40. The van der Waals surface area contributed by atoms with Crippen molar-refractivity contribution in [1.29, 1.82) is 0 Å². The number of aliphatic carboxylic acids is 1. The van der Waals surface area contributed by atoms with Gasteiger partial charge in [-0.15, -0.1) is 0 Å². The van der Waals surface area contributed by atoms with Gasteiger partial charge in [0.2, 0.25) is 0 Å². The number of hydrogen-bond acceptors (Lipinski definition) is 4. The van der Waals surface area contributed by atoms with Gasteiger partial charge in [0.1, 0.15) is 0 Å². The summed E-state index contributed by atoms with van der Waals surface area (Å²) >= 11 is 0. The Morgan fingerprint density at radius 2 is 2.00 bits per heavy atom. The molecule has 0 heterocycles. The summed E-state index contributed by atoms with van der Waals surface area (Å²) in [7, 11) is 1.42. The quantitative estimate of drug-likeness (QED) is 0.659. The summed E-state index contributed by atoms with van der Waals surface area (Å²) in [4.78, 5) is 11.1. The Bertz CT molecular complexity index is 204. The average Bonchev–Trinajstić information content (AvgIpc) is 2.16. The largest absolute Gasteiger partial charge is 0.479 e. The number of carboxylic acid groups (broad SMARTS) is 1. The van der Waals surface area contributed by atoms with Crippen molar-refractivity contribution < 1.29 is 24.5 Å². The van der Waals surface area contributed by atoms with Gasteiger partial charge < -0.3 is 19.7 Å². The molecule has 5 nitrogen and oxygen atoms in total. The second-order valence-corrected chi connectivity index (χ2v) is 3.65. The number of hydrogen-bond donors (Lipinski definition) is 2. The lowest BCUT2D eigenvalue weighted by Gasteiger charge is -2.31. The van der Waals surface area contributed by atoms with E-state index in [-0.39, 0.29) is 13.0 Å². The molecule has 0 fully saturated rings. The van der Waals surface area contributed by atoms with Crippen LogP contribution in [0.1, 0.15) is 27.2 Å². The van der Waals surface area contributed by atoms with Crippen LogP contribution in [0.2, 0.25) is 0 Å². The third kappa shape index (κ3) is 3.77. The molecule has 0 spiro atoms. The van der Waals surface area contributed by atoms with Gasteiger partial charge in [0.05, 0.1) is 18.8 Å². The molecule has 0 radical (unpaired) electrons. The van der Waals surface area contributed by atoms with Gasteiger partial charge in [0, 0.05) is 7.11 Å². The fraction of sp³-hybridized carbons (Fsp3) is 0.900. The van der Waals surface area contributed by atoms with Gasteiger partial charge >= 0.3 is 5.97 Å². The maximum absolute atomic E-state index is 11.1. The Balaban J connectivity index is 4.68. The van der Waals surface area contributed by atoms with Crippen LogP contribution in [0, 0.1) is 0 Å². The van der Waals surface area contributed by atoms with Gasteiger partial charge in [-0.05, 0) is 20.3 Å². The Morgan fingerprint density at radius 3 is 2.27 bits per heavy atom. The van der Waals surface area contributed by atoms with Gasteiger partial charge in [-0.25, -0.2) is 4.79 Å². The van der Waals surface area contributed by atoms with Crippen molar-refractivity contribution in [3.63, 3.8) is 0 Å². The van der Waals surface area contributed by atoms with E-state index in [0.717, 1.165) is 0 Å². The molecule has 90 valence electrons. The minimum absolute atomic E-state index is 0.0319. The molecular weight excluding hydrogens is 200 g/mol. The predicted molar refractivity (Wildman–Crippen MR) is 54.8 cm³/mol. The highest BCUT2D eigenvalue weighted by Crippen LogP contribution is 2.20.